The zero-order chi connectivity index (χ0) is 19.8. The zero-order valence-electron chi connectivity index (χ0n) is 16.7. The van der Waals surface area contributed by atoms with Gasteiger partial charge in [0, 0.05) is 25.5 Å². The number of carbonyl (C=O) groups is 2. The van der Waals surface area contributed by atoms with Crippen molar-refractivity contribution < 1.29 is 18.7 Å². The monoisotopic (exact) mass is 372 g/mol. The Kier molecular flexibility index (Phi) is 5.18. The largest absolute Gasteiger partial charge is 0.459 e. The van der Waals surface area contributed by atoms with Crippen LogP contribution in [0.25, 0.3) is 11.0 Å². The van der Waals surface area contributed by atoms with Gasteiger partial charge in [0.15, 0.2) is 0 Å². The summed E-state index contributed by atoms with van der Waals surface area (Å²) >= 11 is 0. The van der Waals surface area contributed by atoms with Gasteiger partial charge in [0.05, 0.1) is 12.5 Å². The molecule has 1 fully saturated rings. The van der Waals surface area contributed by atoms with E-state index in [1.165, 1.54) is 0 Å². The van der Waals surface area contributed by atoms with Crippen molar-refractivity contribution in [3.63, 3.8) is 0 Å². The van der Waals surface area contributed by atoms with E-state index in [9.17, 15) is 9.59 Å². The molecule has 0 spiro atoms. The van der Waals surface area contributed by atoms with E-state index >= 15 is 0 Å². The summed E-state index contributed by atoms with van der Waals surface area (Å²) in [6, 6.07) is 9.75. The third-order valence-electron chi connectivity index (χ3n) is 4.83. The highest BCUT2D eigenvalue weighted by Gasteiger charge is 2.39. The fraction of sp³-hybridized carbons (Fsp3) is 0.524. The lowest BCUT2D eigenvalue weighted by atomic mass is 9.97. The number of rotatable bonds is 3. The van der Waals surface area contributed by atoms with Gasteiger partial charge in [0.1, 0.15) is 16.9 Å². The second-order valence-corrected chi connectivity index (χ2v) is 8.41. The first-order valence-electron chi connectivity index (χ1n) is 9.34. The van der Waals surface area contributed by atoms with Crippen LogP contribution in [-0.2, 0) is 16.1 Å². The van der Waals surface area contributed by atoms with Gasteiger partial charge in [-0.15, -0.1) is 0 Å². The Morgan fingerprint density at radius 2 is 1.96 bits per heavy atom. The molecule has 1 aromatic heterocycles. The quantitative estimate of drug-likeness (QED) is 0.820. The first-order valence-corrected chi connectivity index (χ1v) is 9.34. The van der Waals surface area contributed by atoms with Crippen molar-refractivity contribution >= 4 is 23.0 Å². The van der Waals surface area contributed by atoms with E-state index in [2.05, 4.69) is 0 Å². The molecule has 2 heterocycles. The number of para-hydroxylation sites is 1. The predicted octanol–water partition coefficient (Wildman–Crippen LogP) is 3.89. The molecule has 0 radical (unpaired) electrons. The van der Waals surface area contributed by atoms with Crippen molar-refractivity contribution in [3.8, 4) is 0 Å². The number of carbonyl (C=O) groups excluding carboxylic acids is 2. The van der Waals surface area contributed by atoms with Gasteiger partial charge in [-0.2, -0.15) is 0 Å². The molecule has 2 atom stereocenters. The van der Waals surface area contributed by atoms with Crippen LogP contribution in [0, 0.1) is 11.8 Å². The van der Waals surface area contributed by atoms with E-state index in [4.69, 9.17) is 9.15 Å². The standard InChI is InChI=1S/C21H28N2O4/c1-14-11-23(20(25)27-21(2,3)4)13-17(14)19(24)22(5)12-16-10-15-8-6-7-9-18(15)26-16/h6-10,14,17H,11-13H2,1-5H3/t14-,17-/m1/s1. The van der Waals surface area contributed by atoms with Crippen molar-refractivity contribution in [3.05, 3.63) is 36.1 Å². The fourth-order valence-corrected chi connectivity index (χ4v) is 3.47. The van der Waals surface area contributed by atoms with E-state index in [0.29, 0.717) is 19.6 Å². The highest BCUT2D eigenvalue weighted by Crippen LogP contribution is 2.27. The maximum atomic E-state index is 12.9. The van der Waals surface area contributed by atoms with Gasteiger partial charge in [-0.1, -0.05) is 25.1 Å². The van der Waals surface area contributed by atoms with E-state index in [1.807, 2.05) is 58.0 Å². The van der Waals surface area contributed by atoms with Crippen molar-refractivity contribution in [1.29, 1.82) is 0 Å². The molecule has 3 rings (SSSR count). The minimum atomic E-state index is -0.541. The maximum absolute atomic E-state index is 12.9. The SMILES string of the molecule is C[C@@H]1CN(C(=O)OC(C)(C)C)C[C@H]1C(=O)N(C)Cc1cc2ccccc2o1. The summed E-state index contributed by atoms with van der Waals surface area (Å²) in [5.41, 5.74) is 0.277. The Bertz CT molecular complexity index is 803. The van der Waals surface area contributed by atoms with Crippen molar-refractivity contribution in [2.45, 2.75) is 39.8 Å². The second kappa shape index (κ2) is 7.25. The molecule has 1 aromatic carbocycles. The third kappa shape index (κ3) is 4.43. The van der Waals surface area contributed by atoms with Crippen molar-refractivity contribution in [2.75, 3.05) is 20.1 Å². The number of amides is 2. The molecule has 0 unspecified atom stereocenters. The number of nitrogens with zero attached hydrogens (tertiary/aromatic N) is 2. The number of hydrogen-bond acceptors (Lipinski definition) is 4. The Hall–Kier alpha value is -2.50. The van der Waals surface area contributed by atoms with Gasteiger partial charge in [0.2, 0.25) is 5.91 Å². The molecule has 2 amide bonds. The molecule has 0 aliphatic carbocycles. The lowest BCUT2D eigenvalue weighted by Gasteiger charge is -2.25. The average molecular weight is 372 g/mol. The third-order valence-corrected chi connectivity index (χ3v) is 4.83. The van der Waals surface area contributed by atoms with Gasteiger partial charge in [0.25, 0.3) is 0 Å². The minimum absolute atomic E-state index is 0.0222. The Balaban J connectivity index is 1.63. The number of fused-ring (bicyclic) bond motifs is 1. The van der Waals surface area contributed by atoms with Crippen LogP contribution in [-0.4, -0.2) is 47.5 Å². The number of ether oxygens (including phenoxy) is 1. The first-order chi connectivity index (χ1) is 12.6. The first kappa shape index (κ1) is 19.3. The summed E-state index contributed by atoms with van der Waals surface area (Å²) in [7, 11) is 1.78. The highest BCUT2D eigenvalue weighted by atomic mass is 16.6. The van der Waals surface area contributed by atoms with Crippen LogP contribution >= 0.6 is 0 Å². The molecule has 1 aliphatic heterocycles. The topological polar surface area (TPSA) is 63.0 Å². The van der Waals surface area contributed by atoms with Crippen LogP contribution in [0.1, 0.15) is 33.5 Å². The van der Waals surface area contributed by atoms with E-state index < -0.39 is 5.60 Å². The molecule has 1 aliphatic rings. The van der Waals surface area contributed by atoms with Gasteiger partial charge in [-0.05, 0) is 38.8 Å². The molecule has 146 valence electrons. The summed E-state index contributed by atoms with van der Waals surface area (Å²) in [6.45, 7) is 8.85. The van der Waals surface area contributed by atoms with Crippen LogP contribution in [0.15, 0.2) is 34.7 Å². The van der Waals surface area contributed by atoms with Gasteiger partial charge in [-0.3, -0.25) is 4.79 Å². The molecule has 27 heavy (non-hydrogen) atoms. The number of benzene rings is 1. The molecular formula is C21H28N2O4. The zero-order valence-corrected chi connectivity index (χ0v) is 16.7. The van der Waals surface area contributed by atoms with E-state index in [-0.39, 0.29) is 23.8 Å². The summed E-state index contributed by atoms with van der Waals surface area (Å²) in [5, 5.41) is 1.03. The smallest absolute Gasteiger partial charge is 0.410 e. The molecule has 6 heteroatoms. The van der Waals surface area contributed by atoms with Gasteiger partial charge in [-0.25, -0.2) is 4.79 Å². The number of furan rings is 1. The lowest BCUT2D eigenvalue weighted by molar-refractivity contribution is -0.135. The Morgan fingerprint density at radius 1 is 1.26 bits per heavy atom. The van der Waals surface area contributed by atoms with E-state index in [1.54, 1.807) is 16.8 Å². The van der Waals surface area contributed by atoms with Gasteiger partial charge < -0.3 is 19.0 Å². The molecular weight excluding hydrogens is 344 g/mol. The molecule has 0 bridgehead atoms. The average Bonchev–Trinajstić information content (AvgIpc) is 3.15. The minimum Gasteiger partial charge on any atom is -0.459 e. The summed E-state index contributed by atoms with van der Waals surface area (Å²) in [5.74, 6) is 0.630. The number of likely N-dealkylation sites (tertiary alicyclic amines) is 1. The summed E-state index contributed by atoms with van der Waals surface area (Å²) in [4.78, 5) is 28.5. The summed E-state index contributed by atoms with van der Waals surface area (Å²) in [6.07, 6.45) is -0.357. The Labute approximate surface area is 160 Å². The van der Waals surface area contributed by atoms with Crippen LogP contribution in [0.4, 0.5) is 4.79 Å². The predicted molar refractivity (Wildman–Crippen MR) is 103 cm³/mol. The lowest BCUT2D eigenvalue weighted by Crippen LogP contribution is -2.38. The molecule has 1 saturated heterocycles. The van der Waals surface area contributed by atoms with Crippen molar-refractivity contribution in [1.82, 2.24) is 9.80 Å². The number of hydrogen-bond donors (Lipinski definition) is 0. The summed E-state index contributed by atoms with van der Waals surface area (Å²) < 4.78 is 11.2. The van der Waals surface area contributed by atoms with Crippen LogP contribution in [0.3, 0.4) is 0 Å². The Morgan fingerprint density at radius 3 is 2.63 bits per heavy atom. The highest BCUT2D eigenvalue weighted by molar-refractivity contribution is 5.81. The maximum Gasteiger partial charge on any atom is 0.410 e. The molecule has 0 saturated carbocycles. The fourth-order valence-electron chi connectivity index (χ4n) is 3.47. The molecule has 0 N–H and O–H groups in total. The van der Waals surface area contributed by atoms with Crippen LogP contribution in [0.5, 0.6) is 0 Å². The van der Waals surface area contributed by atoms with Gasteiger partial charge >= 0.3 is 6.09 Å². The second-order valence-electron chi connectivity index (χ2n) is 8.41. The normalized spacial score (nSPS) is 20.1. The van der Waals surface area contributed by atoms with Crippen molar-refractivity contribution in [2.24, 2.45) is 11.8 Å². The molecule has 6 nitrogen and oxygen atoms in total. The van der Waals surface area contributed by atoms with Crippen LogP contribution in [0.2, 0.25) is 0 Å². The van der Waals surface area contributed by atoms with Crippen LogP contribution < -0.4 is 0 Å². The van der Waals surface area contributed by atoms with E-state index in [0.717, 1.165) is 16.7 Å². The molecule has 2 aromatic rings.